The van der Waals surface area contributed by atoms with Gasteiger partial charge in [0.1, 0.15) is 5.01 Å². The third-order valence-corrected chi connectivity index (χ3v) is 4.55. The first kappa shape index (κ1) is 14.5. The van der Waals surface area contributed by atoms with Crippen LogP contribution in [0, 0.1) is 0 Å². The quantitative estimate of drug-likeness (QED) is 0.882. The highest BCUT2D eigenvalue weighted by molar-refractivity contribution is 7.09. The minimum absolute atomic E-state index is 0.210. The van der Waals surface area contributed by atoms with Gasteiger partial charge in [-0.3, -0.25) is 9.58 Å². The summed E-state index contributed by atoms with van der Waals surface area (Å²) in [5.41, 5.74) is 1.04. The van der Waals surface area contributed by atoms with Gasteiger partial charge in [-0.1, -0.05) is 0 Å². The standard InChI is InChI=1S/C14H21N5OS/c1-12(14-15-2-9-21-14)17-13-10-16-19(11-13)4-3-18-5-7-20-8-6-18/h2,9-12,17H,3-8H2,1H3/t12-/m0/s1. The molecule has 3 heterocycles. The van der Waals surface area contributed by atoms with Crippen molar-refractivity contribution in [3.8, 4) is 0 Å². The van der Waals surface area contributed by atoms with Crippen LogP contribution in [0.3, 0.4) is 0 Å². The monoisotopic (exact) mass is 307 g/mol. The van der Waals surface area contributed by atoms with E-state index >= 15 is 0 Å². The fourth-order valence-electron chi connectivity index (χ4n) is 2.39. The van der Waals surface area contributed by atoms with Crippen molar-refractivity contribution in [1.82, 2.24) is 19.7 Å². The first-order valence-corrected chi connectivity index (χ1v) is 8.18. The highest BCUT2D eigenvalue weighted by Crippen LogP contribution is 2.20. The summed E-state index contributed by atoms with van der Waals surface area (Å²) >= 11 is 1.67. The van der Waals surface area contributed by atoms with Gasteiger partial charge in [0.25, 0.3) is 0 Å². The molecule has 6 nitrogen and oxygen atoms in total. The Labute approximate surface area is 128 Å². The summed E-state index contributed by atoms with van der Waals surface area (Å²) in [5, 5.41) is 10.9. The van der Waals surface area contributed by atoms with Gasteiger partial charge < -0.3 is 10.1 Å². The molecule has 0 amide bonds. The summed E-state index contributed by atoms with van der Waals surface area (Å²) in [6.45, 7) is 7.78. The van der Waals surface area contributed by atoms with Crippen molar-refractivity contribution in [1.29, 1.82) is 0 Å². The van der Waals surface area contributed by atoms with Crippen LogP contribution in [0.15, 0.2) is 24.0 Å². The maximum Gasteiger partial charge on any atom is 0.115 e. The summed E-state index contributed by atoms with van der Waals surface area (Å²) < 4.78 is 7.35. The van der Waals surface area contributed by atoms with Gasteiger partial charge in [0.05, 0.1) is 37.7 Å². The number of morpholine rings is 1. The van der Waals surface area contributed by atoms with Crippen molar-refractivity contribution in [3.05, 3.63) is 29.0 Å². The first-order chi connectivity index (χ1) is 10.3. The molecule has 1 saturated heterocycles. The van der Waals surface area contributed by atoms with Crippen molar-refractivity contribution in [2.24, 2.45) is 0 Å². The van der Waals surface area contributed by atoms with Gasteiger partial charge in [-0.15, -0.1) is 11.3 Å². The van der Waals surface area contributed by atoms with Crippen LogP contribution in [0.5, 0.6) is 0 Å². The third kappa shape index (κ3) is 4.03. The van der Waals surface area contributed by atoms with E-state index in [9.17, 15) is 0 Å². The molecule has 3 rings (SSSR count). The van der Waals surface area contributed by atoms with Gasteiger partial charge in [0, 0.05) is 37.4 Å². The topological polar surface area (TPSA) is 55.2 Å². The SMILES string of the molecule is C[C@H](Nc1cnn(CCN2CCOCC2)c1)c1nccs1. The Hall–Kier alpha value is -1.44. The second kappa shape index (κ2) is 7.02. The number of hydrogen-bond acceptors (Lipinski definition) is 6. The molecule has 2 aromatic rings. The smallest absolute Gasteiger partial charge is 0.115 e. The largest absolute Gasteiger partial charge is 0.379 e. The number of rotatable bonds is 6. The molecule has 0 aliphatic carbocycles. The predicted molar refractivity (Wildman–Crippen MR) is 83.6 cm³/mol. The molecule has 1 aliphatic heterocycles. The van der Waals surface area contributed by atoms with E-state index in [-0.39, 0.29) is 6.04 Å². The molecule has 1 fully saturated rings. The number of nitrogens with one attached hydrogen (secondary N) is 1. The van der Waals surface area contributed by atoms with E-state index in [4.69, 9.17) is 4.74 Å². The van der Waals surface area contributed by atoms with Crippen molar-refractivity contribution in [3.63, 3.8) is 0 Å². The summed E-state index contributed by atoms with van der Waals surface area (Å²) in [7, 11) is 0. The lowest BCUT2D eigenvalue weighted by molar-refractivity contribution is 0.0360. The van der Waals surface area contributed by atoms with Crippen molar-refractivity contribution >= 4 is 17.0 Å². The number of hydrogen-bond donors (Lipinski definition) is 1. The fourth-order valence-corrected chi connectivity index (χ4v) is 3.04. The molecule has 7 heteroatoms. The molecule has 2 aromatic heterocycles. The Morgan fingerprint density at radius 3 is 3.00 bits per heavy atom. The lowest BCUT2D eigenvalue weighted by Gasteiger charge is -2.26. The molecule has 1 atom stereocenters. The first-order valence-electron chi connectivity index (χ1n) is 7.30. The maximum absolute atomic E-state index is 5.36. The van der Waals surface area contributed by atoms with Crippen LogP contribution < -0.4 is 5.32 Å². The summed E-state index contributed by atoms with van der Waals surface area (Å²) in [6, 6.07) is 0.210. The Balaban J connectivity index is 1.49. The van der Waals surface area contributed by atoms with Gasteiger partial charge in [0.15, 0.2) is 0 Å². The van der Waals surface area contributed by atoms with Crippen LogP contribution >= 0.6 is 11.3 Å². The van der Waals surface area contributed by atoms with E-state index in [2.05, 4.69) is 33.4 Å². The number of anilines is 1. The molecule has 0 spiro atoms. The van der Waals surface area contributed by atoms with Gasteiger partial charge in [-0.2, -0.15) is 5.10 Å². The van der Waals surface area contributed by atoms with Crippen molar-refractivity contribution < 1.29 is 4.74 Å². The van der Waals surface area contributed by atoms with E-state index in [0.29, 0.717) is 0 Å². The number of aromatic nitrogens is 3. The Morgan fingerprint density at radius 2 is 2.24 bits per heavy atom. The zero-order valence-corrected chi connectivity index (χ0v) is 13.1. The molecule has 0 aromatic carbocycles. The average molecular weight is 307 g/mol. The molecule has 114 valence electrons. The molecular formula is C14H21N5OS. The van der Waals surface area contributed by atoms with Crippen LogP contribution in [0.25, 0.3) is 0 Å². The highest BCUT2D eigenvalue weighted by Gasteiger charge is 2.11. The Morgan fingerprint density at radius 1 is 1.38 bits per heavy atom. The average Bonchev–Trinajstić information content (AvgIpc) is 3.18. The molecule has 0 unspecified atom stereocenters. The number of thiazole rings is 1. The zero-order valence-electron chi connectivity index (χ0n) is 12.2. The van der Waals surface area contributed by atoms with E-state index in [1.807, 2.05) is 22.5 Å². The maximum atomic E-state index is 5.36. The Bertz CT molecular complexity index is 535. The molecule has 21 heavy (non-hydrogen) atoms. The van der Waals surface area contributed by atoms with Crippen LogP contribution in [0.4, 0.5) is 5.69 Å². The Kier molecular flexibility index (Phi) is 4.84. The third-order valence-electron chi connectivity index (χ3n) is 3.59. The van der Waals surface area contributed by atoms with E-state index < -0.39 is 0 Å². The number of nitrogens with zero attached hydrogens (tertiary/aromatic N) is 4. The minimum atomic E-state index is 0.210. The van der Waals surface area contributed by atoms with Crippen LogP contribution in [0.1, 0.15) is 18.0 Å². The van der Waals surface area contributed by atoms with Crippen LogP contribution in [-0.4, -0.2) is 52.5 Å². The van der Waals surface area contributed by atoms with Gasteiger partial charge in [-0.25, -0.2) is 4.98 Å². The van der Waals surface area contributed by atoms with Crippen molar-refractivity contribution in [2.75, 3.05) is 38.2 Å². The second-order valence-electron chi connectivity index (χ2n) is 5.18. The molecule has 1 aliphatic rings. The number of ether oxygens (including phenoxy) is 1. The van der Waals surface area contributed by atoms with E-state index in [0.717, 1.165) is 50.1 Å². The molecule has 0 bridgehead atoms. The second-order valence-corrected chi connectivity index (χ2v) is 6.11. The summed E-state index contributed by atoms with van der Waals surface area (Å²) in [6.07, 6.45) is 5.78. The fraction of sp³-hybridized carbons (Fsp3) is 0.571. The lowest BCUT2D eigenvalue weighted by atomic mass is 10.3. The van der Waals surface area contributed by atoms with E-state index in [1.54, 1.807) is 11.3 Å². The van der Waals surface area contributed by atoms with E-state index in [1.165, 1.54) is 0 Å². The molecule has 0 saturated carbocycles. The molecular weight excluding hydrogens is 286 g/mol. The van der Waals surface area contributed by atoms with Gasteiger partial charge in [0.2, 0.25) is 0 Å². The summed E-state index contributed by atoms with van der Waals surface area (Å²) in [5.74, 6) is 0. The van der Waals surface area contributed by atoms with Crippen LogP contribution in [-0.2, 0) is 11.3 Å². The highest BCUT2D eigenvalue weighted by atomic mass is 32.1. The zero-order chi connectivity index (χ0) is 14.5. The molecule has 1 N–H and O–H groups in total. The van der Waals surface area contributed by atoms with Crippen LogP contribution in [0.2, 0.25) is 0 Å². The normalized spacial score (nSPS) is 17.8. The van der Waals surface area contributed by atoms with Gasteiger partial charge >= 0.3 is 0 Å². The summed E-state index contributed by atoms with van der Waals surface area (Å²) in [4.78, 5) is 6.74. The van der Waals surface area contributed by atoms with Crippen molar-refractivity contribution in [2.45, 2.75) is 19.5 Å². The molecule has 0 radical (unpaired) electrons. The minimum Gasteiger partial charge on any atom is -0.379 e. The van der Waals surface area contributed by atoms with Gasteiger partial charge in [-0.05, 0) is 6.92 Å². The predicted octanol–water partition coefficient (Wildman–Crippen LogP) is 1.84. The lowest BCUT2D eigenvalue weighted by Crippen LogP contribution is -2.38.